The van der Waals surface area contributed by atoms with Crippen LogP contribution in [-0.2, 0) is 14.4 Å². The Morgan fingerprint density at radius 1 is 1.41 bits per heavy atom. The molecule has 1 aliphatic rings. The third-order valence-electron chi connectivity index (χ3n) is 3.24. The van der Waals surface area contributed by atoms with E-state index >= 15 is 0 Å². The molecule has 6 nitrogen and oxygen atoms in total. The molecule has 0 aliphatic heterocycles. The highest BCUT2D eigenvalue weighted by Gasteiger charge is 2.31. The quantitative estimate of drug-likeness (QED) is 0.506. The van der Waals surface area contributed by atoms with Gasteiger partial charge >= 0.3 is 0 Å². The third kappa shape index (κ3) is 3.81. The van der Waals surface area contributed by atoms with Crippen molar-refractivity contribution in [2.45, 2.75) is 44.2 Å². The minimum absolute atomic E-state index is 0.121. The van der Waals surface area contributed by atoms with Gasteiger partial charge in [-0.25, -0.2) is 0 Å². The van der Waals surface area contributed by atoms with Gasteiger partial charge < -0.3 is 21.0 Å². The van der Waals surface area contributed by atoms with Crippen LogP contribution in [0, 0.1) is 5.92 Å². The van der Waals surface area contributed by atoms with Gasteiger partial charge in [-0.15, -0.1) is 0 Å². The fourth-order valence-electron chi connectivity index (χ4n) is 2.28. The summed E-state index contributed by atoms with van der Waals surface area (Å²) in [5.74, 6) is -1.74. The van der Waals surface area contributed by atoms with E-state index in [1.165, 1.54) is 0 Å². The van der Waals surface area contributed by atoms with E-state index in [9.17, 15) is 19.5 Å². The Morgan fingerprint density at radius 2 is 2.06 bits per heavy atom. The lowest BCUT2D eigenvalue weighted by molar-refractivity contribution is -0.436. The molecule has 3 atom stereocenters. The minimum Gasteiger partial charge on any atom is -0.544 e. The number of Topliss-reactive ketones (excluding diaryl/α,β-unsaturated/α-hetero) is 1. The molecule has 0 aromatic carbocycles. The Kier molecular flexibility index (Phi) is 5.09. The summed E-state index contributed by atoms with van der Waals surface area (Å²) in [4.78, 5) is 32.9. The Morgan fingerprint density at radius 3 is 2.65 bits per heavy atom. The van der Waals surface area contributed by atoms with Gasteiger partial charge in [0.15, 0.2) is 0 Å². The zero-order chi connectivity index (χ0) is 12.8. The molecular weight excluding hydrogens is 224 g/mol. The molecule has 17 heavy (non-hydrogen) atoms. The van der Waals surface area contributed by atoms with Crippen LogP contribution in [0.2, 0.25) is 0 Å². The molecule has 0 bridgehead atoms. The molecule has 0 aromatic rings. The van der Waals surface area contributed by atoms with Gasteiger partial charge in [-0.05, 0) is 12.8 Å². The number of nitrogens with one attached hydrogen (secondary N) is 1. The zero-order valence-corrected chi connectivity index (χ0v) is 9.69. The lowest BCUT2D eigenvalue weighted by Gasteiger charge is -2.30. The summed E-state index contributed by atoms with van der Waals surface area (Å²) >= 11 is 0. The highest BCUT2D eigenvalue weighted by Crippen LogP contribution is 2.26. The fourth-order valence-corrected chi connectivity index (χ4v) is 2.28. The number of carboxylic acids is 1. The molecule has 0 spiro atoms. The van der Waals surface area contributed by atoms with Crippen LogP contribution in [0.3, 0.4) is 0 Å². The van der Waals surface area contributed by atoms with Crippen LogP contribution >= 0.6 is 0 Å². The smallest absolute Gasteiger partial charge is 0.207 e. The molecule has 0 saturated heterocycles. The van der Waals surface area contributed by atoms with Crippen LogP contribution in [0.5, 0.6) is 0 Å². The molecule has 0 aromatic heterocycles. The monoisotopic (exact) mass is 242 g/mol. The Labute approximate surface area is 99.6 Å². The van der Waals surface area contributed by atoms with Crippen LogP contribution < -0.4 is 16.2 Å². The first-order valence-electron chi connectivity index (χ1n) is 5.82. The lowest BCUT2D eigenvalue weighted by atomic mass is 9.80. The van der Waals surface area contributed by atoms with Gasteiger partial charge in [-0.1, -0.05) is 12.8 Å². The summed E-state index contributed by atoms with van der Waals surface area (Å²) < 4.78 is 0. The molecule has 1 fully saturated rings. The number of ketones is 1. The Hall–Kier alpha value is -1.43. The van der Waals surface area contributed by atoms with Crippen molar-refractivity contribution in [2.24, 2.45) is 5.92 Å². The molecule has 1 amide bonds. The van der Waals surface area contributed by atoms with Gasteiger partial charge in [-0.3, -0.25) is 9.59 Å². The van der Waals surface area contributed by atoms with E-state index in [4.69, 9.17) is 0 Å². The first-order chi connectivity index (χ1) is 8.06. The molecule has 1 aliphatic carbocycles. The van der Waals surface area contributed by atoms with Crippen molar-refractivity contribution in [2.75, 3.05) is 0 Å². The number of aliphatic carboxylic acids is 1. The summed E-state index contributed by atoms with van der Waals surface area (Å²) in [6.07, 6.45) is 3.84. The van der Waals surface area contributed by atoms with Gasteiger partial charge in [0.1, 0.15) is 11.8 Å². The van der Waals surface area contributed by atoms with Gasteiger partial charge in [-0.2, -0.15) is 0 Å². The SMILES string of the molecule is [NH3+]C(CC(=O)C1CCCCC1NC=O)C(=O)[O-]. The molecule has 96 valence electrons. The van der Waals surface area contributed by atoms with Crippen molar-refractivity contribution in [1.29, 1.82) is 0 Å². The Balaban J connectivity index is 2.58. The van der Waals surface area contributed by atoms with Crippen molar-refractivity contribution in [3.63, 3.8) is 0 Å². The average molecular weight is 242 g/mol. The number of quaternary nitrogens is 1. The van der Waals surface area contributed by atoms with Gasteiger partial charge in [0.25, 0.3) is 0 Å². The third-order valence-corrected chi connectivity index (χ3v) is 3.24. The highest BCUT2D eigenvalue weighted by atomic mass is 16.4. The summed E-state index contributed by atoms with van der Waals surface area (Å²) in [6.45, 7) is 0. The van der Waals surface area contributed by atoms with Crippen molar-refractivity contribution >= 4 is 18.2 Å². The summed E-state index contributed by atoms with van der Waals surface area (Å²) in [5, 5.41) is 13.2. The maximum atomic E-state index is 11.9. The molecule has 6 heteroatoms. The number of carboxylic acid groups (broad SMARTS) is 1. The largest absolute Gasteiger partial charge is 0.544 e. The number of amides is 1. The number of hydrogen-bond acceptors (Lipinski definition) is 4. The van der Waals surface area contributed by atoms with Crippen LogP contribution in [0.15, 0.2) is 0 Å². The van der Waals surface area contributed by atoms with Gasteiger partial charge in [0.2, 0.25) is 6.41 Å². The molecule has 1 saturated carbocycles. The predicted octanol–water partition coefficient (Wildman–Crippen LogP) is -2.39. The van der Waals surface area contributed by atoms with E-state index in [1.807, 2.05) is 0 Å². The molecule has 0 heterocycles. The standard InChI is InChI=1S/C11H18N2O4/c12-8(11(16)17)5-10(15)7-3-1-2-4-9(7)13-6-14/h6-9H,1-5,12H2,(H,13,14)(H,16,17). The zero-order valence-electron chi connectivity index (χ0n) is 9.69. The van der Waals surface area contributed by atoms with E-state index in [2.05, 4.69) is 11.1 Å². The van der Waals surface area contributed by atoms with Crippen LogP contribution in [-0.4, -0.2) is 30.2 Å². The van der Waals surface area contributed by atoms with E-state index in [1.54, 1.807) is 0 Å². The second-order valence-corrected chi connectivity index (χ2v) is 4.47. The van der Waals surface area contributed by atoms with Crippen LogP contribution in [0.25, 0.3) is 0 Å². The normalized spacial score (nSPS) is 25.9. The molecule has 1 rings (SSSR count). The van der Waals surface area contributed by atoms with Crippen molar-refractivity contribution < 1.29 is 25.2 Å². The molecular formula is C11H18N2O4. The fraction of sp³-hybridized carbons (Fsp3) is 0.727. The first kappa shape index (κ1) is 13.6. The summed E-state index contributed by atoms with van der Waals surface area (Å²) in [7, 11) is 0. The van der Waals surface area contributed by atoms with E-state index < -0.39 is 12.0 Å². The average Bonchev–Trinajstić information content (AvgIpc) is 2.29. The van der Waals surface area contributed by atoms with Crippen molar-refractivity contribution in [3.05, 3.63) is 0 Å². The highest BCUT2D eigenvalue weighted by molar-refractivity contribution is 5.86. The number of carbonyl (C=O) groups is 3. The molecule has 3 unspecified atom stereocenters. The number of hydrogen-bond donors (Lipinski definition) is 2. The van der Waals surface area contributed by atoms with Gasteiger partial charge in [0.05, 0.1) is 12.4 Å². The first-order valence-corrected chi connectivity index (χ1v) is 5.82. The van der Waals surface area contributed by atoms with Gasteiger partial charge in [0, 0.05) is 12.0 Å². The van der Waals surface area contributed by atoms with E-state index in [-0.39, 0.29) is 24.2 Å². The minimum atomic E-state index is -1.31. The van der Waals surface area contributed by atoms with Crippen LogP contribution in [0.1, 0.15) is 32.1 Å². The second-order valence-electron chi connectivity index (χ2n) is 4.47. The lowest BCUT2D eigenvalue weighted by Crippen LogP contribution is -2.69. The topological polar surface area (TPSA) is 114 Å². The predicted molar refractivity (Wildman–Crippen MR) is 56.3 cm³/mol. The maximum Gasteiger partial charge on any atom is 0.207 e. The van der Waals surface area contributed by atoms with Crippen LogP contribution in [0.4, 0.5) is 0 Å². The molecule has 4 N–H and O–H groups in total. The number of carbonyl (C=O) groups excluding carboxylic acids is 3. The summed E-state index contributed by atoms with van der Waals surface area (Å²) in [5.41, 5.74) is 3.37. The number of rotatable bonds is 6. The summed E-state index contributed by atoms with van der Waals surface area (Å²) in [6, 6.07) is -1.18. The Bertz CT molecular complexity index is 306. The van der Waals surface area contributed by atoms with E-state index in [0.717, 1.165) is 19.3 Å². The van der Waals surface area contributed by atoms with E-state index in [0.29, 0.717) is 12.8 Å². The second kappa shape index (κ2) is 6.34. The van der Waals surface area contributed by atoms with Crippen molar-refractivity contribution in [3.8, 4) is 0 Å². The van der Waals surface area contributed by atoms with Crippen molar-refractivity contribution in [1.82, 2.24) is 5.32 Å². The maximum absolute atomic E-state index is 11.9. The molecule has 0 radical (unpaired) electrons.